The van der Waals surface area contributed by atoms with E-state index in [1.807, 2.05) is 55.6 Å². The number of nitrogens with one attached hydrogen (secondary N) is 1. The molecule has 35 heavy (non-hydrogen) atoms. The van der Waals surface area contributed by atoms with E-state index in [4.69, 9.17) is 39.8 Å². The Morgan fingerprint density at radius 3 is 2.51 bits per heavy atom. The lowest BCUT2D eigenvalue weighted by Crippen LogP contribution is -2.11. The number of hydrazone groups is 1. The van der Waals surface area contributed by atoms with Crippen LogP contribution < -0.4 is 5.43 Å². The van der Waals surface area contributed by atoms with Gasteiger partial charge in [-0.1, -0.05) is 73.8 Å². The zero-order chi connectivity index (χ0) is 25.8. The molecule has 0 saturated carbocycles. The van der Waals surface area contributed by atoms with Crippen molar-refractivity contribution < 1.29 is 0 Å². The molecule has 1 aliphatic carbocycles. The van der Waals surface area contributed by atoms with Crippen LogP contribution in [-0.4, -0.2) is 21.6 Å². The number of halogens is 3. The molecule has 3 rings (SSSR count). The van der Waals surface area contributed by atoms with E-state index in [1.54, 1.807) is 11.8 Å². The molecule has 2 aromatic rings. The molecule has 1 aromatic carbocycles. The Bertz CT molecular complexity index is 1070. The Morgan fingerprint density at radius 1 is 1.17 bits per heavy atom. The molecule has 0 radical (unpaired) electrons. The highest BCUT2D eigenvalue weighted by Crippen LogP contribution is 2.26. The van der Waals surface area contributed by atoms with Crippen LogP contribution in [0.2, 0.25) is 5.02 Å². The van der Waals surface area contributed by atoms with Gasteiger partial charge in [-0.05, 0) is 56.5 Å². The van der Waals surface area contributed by atoms with Crippen molar-refractivity contribution in [2.75, 3.05) is 7.05 Å². The van der Waals surface area contributed by atoms with Crippen molar-refractivity contribution in [2.45, 2.75) is 59.1 Å². The molecule has 1 N–H and O–H groups in total. The molecule has 190 valence electrons. The van der Waals surface area contributed by atoms with E-state index in [-0.39, 0.29) is 0 Å². The van der Waals surface area contributed by atoms with Crippen molar-refractivity contribution in [3.8, 4) is 5.69 Å². The zero-order valence-corrected chi connectivity index (χ0v) is 24.2. The molecule has 1 aliphatic rings. The number of benzene rings is 1. The number of hydrogen-bond acceptors (Lipinski definition) is 4. The van der Waals surface area contributed by atoms with E-state index >= 15 is 0 Å². The molecular weight excluding hydrogens is 519 g/mol. The number of aromatic nitrogens is 2. The average molecular weight is 554 g/mol. The Hall–Kier alpha value is -1.66. The van der Waals surface area contributed by atoms with Crippen LogP contribution in [0.4, 0.5) is 0 Å². The first-order valence-corrected chi connectivity index (χ1v) is 14.0. The molecule has 0 spiro atoms. The monoisotopic (exact) mass is 552 g/mol. The van der Waals surface area contributed by atoms with Gasteiger partial charge in [-0.25, -0.2) is 4.98 Å². The fraction of sp³-hybridized carbons (Fsp3) is 0.407. The number of nitrogens with zero attached hydrogens (tertiary/aromatic N) is 3. The van der Waals surface area contributed by atoms with Crippen LogP contribution in [0.15, 0.2) is 63.7 Å². The Labute approximate surface area is 229 Å². The first-order valence-electron chi connectivity index (χ1n) is 11.9. The van der Waals surface area contributed by atoms with E-state index in [2.05, 4.69) is 42.8 Å². The van der Waals surface area contributed by atoms with Crippen molar-refractivity contribution in [3.05, 3.63) is 80.9 Å². The molecule has 1 heterocycles. The zero-order valence-electron chi connectivity index (χ0n) is 21.1. The van der Waals surface area contributed by atoms with Gasteiger partial charge < -0.3 is 9.99 Å². The molecule has 1 unspecified atom stereocenters. The highest BCUT2D eigenvalue weighted by atomic mass is 35.5. The van der Waals surface area contributed by atoms with Gasteiger partial charge in [0, 0.05) is 51.6 Å². The van der Waals surface area contributed by atoms with Crippen molar-refractivity contribution in [3.63, 3.8) is 0 Å². The molecule has 0 saturated heterocycles. The van der Waals surface area contributed by atoms with E-state index in [1.165, 1.54) is 5.69 Å². The van der Waals surface area contributed by atoms with Crippen LogP contribution in [0.25, 0.3) is 5.69 Å². The van der Waals surface area contributed by atoms with Crippen LogP contribution in [0.5, 0.6) is 0 Å². The summed E-state index contributed by atoms with van der Waals surface area (Å²) in [5.74, 6) is 2.28. The van der Waals surface area contributed by atoms with Gasteiger partial charge in [-0.3, -0.25) is 0 Å². The minimum absolute atomic E-state index is 0.446. The summed E-state index contributed by atoms with van der Waals surface area (Å²) in [4.78, 5) is 4.83. The normalized spacial score (nSPS) is 17.2. The maximum absolute atomic E-state index is 6.03. The summed E-state index contributed by atoms with van der Waals surface area (Å²) >= 11 is 19.3. The Balaban J connectivity index is 0.000000360. The highest BCUT2D eigenvalue weighted by molar-refractivity contribution is 8.13. The van der Waals surface area contributed by atoms with E-state index in [0.717, 1.165) is 68.8 Å². The van der Waals surface area contributed by atoms with Gasteiger partial charge in [0.05, 0.1) is 10.7 Å². The molecule has 1 aromatic heterocycles. The first-order chi connectivity index (χ1) is 16.8. The van der Waals surface area contributed by atoms with Crippen LogP contribution in [0.3, 0.4) is 0 Å². The lowest BCUT2D eigenvalue weighted by Gasteiger charge is -2.13. The quantitative estimate of drug-likeness (QED) is 0.212. The van der Waals surface area contributed by atoms with Gasteiger partial charge in [0.15, 0.2) is 0 Å². The minimum atomic E-state index is 0.446. The fourth-order valence-corrected chi connectivity index (χ4v) is 5.06. The van der Waals surface area contributed by atoms with Crippen LogP contribution in [0.1, 0.15) is 57.2 Å². The predicted molar refractivity (Wildman–Crippen MR) is 156 cm³/mol. The topological polar surface area (TPSA) is 42.2 Å². The Kier molecular flexibility index (Phi) is 13.1. The third-order valence-electron chi connectivity index (χ3n) is 5.50. The fourth-order valence-electron chi connectivity index (χ4n) is 3.48. The van der Waals surface area contributed by atoms with Crippen molar-refractivity contribution in [1.29, 1.82) is 0 Å². The smallest absolute Gasteiger partial charge is 0.110 e. The van der Waals surface area contributed by atoms with Gasteiger partial charge in [0.2, 0.25) is 0 Å². The SMILES string of the molecule is CCc1c(CS/C(=N\NC)C(C)CC)nc(C)n1-c1ccc(Cl)cc1.ClC1=CC/C(Cl)=C\C/C=C\1. The van der Waals surface area contributed by atoms with Gasteiger partial charge >= 0.3 is 0 Å². The van der Waals surface area contributed by atoms with Crippen molar-refractivity contribution in [2.24, 2.45) is 11.0 Å². The summed E-state index contributed by atoms with van der Waals surface area (Å²) in [7, 11) is 1.85. The molecule has 0 amide bonds. The van der Waals surface area contributed by atoms with Gasteiger partial charge in [-0.15, -0.1) is 11.8 Å². The van der Waals surface area contributed by atoms with Crippen LogP contribution in [-0.2, 0) is 12.2 Å². The number of aryl methyl sites for hydroxylation is 1. The van der Waals surface area contributed by atoms with Crippen LogP contribution >= 0.6 is 46.6 Å². The van der Waals surface area contributed by atoms with Crippen molar-refractivity contribution >= 4 is 51.6 Å². The second kappa shape index (κ2) is 15.5. The summed E-state index contributed by atoms with van der Waals surface area (Å²) in [5.41, 5.74) is 6.41. The molecule has 1 atom stereocenters. The molecule has 4 nitrogen and oxygen atoms in total. The summed E-state index contributed by atoms with van der Waals surface area (Å²) < 4.78 is 2.23. The standard InChI is InChI=1S/C19H27ClN4S.C8H8Cl2/c1-6-13(3)19(23-21-5)25-12-17-18(7-2)24(14(4)22-17)16-10-8-15(20)9-11-16;9-7-3-1-2-4-8(10)6-5-7/h8-11,13,21H,6-7,12H2,1-5H3;1,3-5H,2,6H2/b23-19-;3-1-,7-5?,8-4+. The van der Waals surface area contributed by atoms with E-state index in [0.29, 0.717) is 5.92 Å². The lowest BCUT2D eigenvalue weighted by atomic mass is 10.1. The number of hydrogen-bond donors (Lipinski definition) is 1. The molecular formula is C27H35Cl3N4S. The third kappa shape index (κ3) is 9.38. The second-order valence-corrected chi connectivity index (χ2v) is 10.4. The lowest BCUT2D eigenvalue weighted by molar-refractivity contribution is 0.735. The summed E-state index contributed by atoms with van der Waals surface area (Å²) in [6, 6.07) is 7.93. The largest absolute Gasteiger partial charge is 0.312 e. The average Bonchev–Trinajstić information content (AvgIpc) is 3.17. The maximum atomic E-state index is 6.03. The molecule has 8 heteroatoms. The predicted octanol–water partition coefficient (Wildman–Crippen LogP) is 8.79. The van der Waals surface area contributed by atoms with Gasteiger partial charge in [0.25, 0.3) is 0 Å². The maximum Gasteiger partial charge on any atom is 0.110 e. The number of allylic oxidation sites excluding steroid dienone is 6. The van der Waals surface area contributed by atoms with Gasteiger partial charge in [0.1, 0.15) is 5.82 Å². The molecule has 0 bridgehead atoms. The summed E-state index contributed by atoms with van der Waals surface area (Å²) in [6.07, 6.45) is 11.4. The van der Waals surface area contributed by atoms with E-state index in [9.17, 15) is 0 Å². The molecule has 0 aliphatic heterocycles. The Morgan fingerprint density at radius 2 is 1.89 bits per heavy atom. The van der Waals surface area contributed by atoms with Gasteiger partial charge in [-0.2, -0.15) is 5.10 Å². The highest BCUT2D eigenvalue weighted by Gasteiger charge is 2.17. The minimum Gasteiger partial charge on any atom is -0.312 e. The van der Waals surface area contributed by atoms with Crippen molar-refractivity contribution in [1.82, 2.24) is 15.0 Å². The summed E-state index contributed by atoms with van der Waals surface area (Å²) in [6.45, 7) is 8.63. The molecule has 0 fully saturated rings. The number of thioether (sulfide) groups is 1. The van der Waals surface area contributed by atoms with Crippen LogP contribution in [0, 0.1) is 12.8 Å². The third-order valence-corrected chi connectivity index (χ3v) is 7.55. The number of imidazole rings is 1. The summed E-state index contributed by atoms with van der Waals surface area (Å²) in [5, 5.41) is 7.95. The van der Waals surface area contributed by atoms with E-state index < -0.39 is 0 Å². The number of rotatable bonds is 7. The first kappa shape index (κ1) is 29.6. The second-order valence-electron chi connectivity index (χ2n) is 8.07.